The number of nitrogen functional groups attached to an aromatic ring is 1. The molecular weight excluding hydrogens is 601 g/mol. The molecule has 0 aromatic heterocycles. The number of amides is 2. The summed E-state index contributed by atoms with van der Waals surface area (Å²) in [6.45, 7) is 0. The van der Waals surface area contributed by atoms with Crippen LogP contribution in [0, 0.1) is 17.6 Å². The van der Waals surface area contributed by atoms with Gasteiger partial charge in [-0.15, -0.1) is 23.2 Å². The van der Waals surface area contributed by atoms with Crippen LogP contribution in [-0.2, 0) is 4.79 Å². The number of hydrogen-bond donors (Lipinski definition) is 3. The van der Waals surface area contributed by atoms with Gasteiger partial charge in [0.25, 0.3) is 5.91 Å². The lowest BCUT2D eigenvalue weighted by atomic mass is 10.1. The number of carbonyl (C=O) groups is 2. The molecule has 5 nitrogen and oxygen atoms in total. The summed E-state index contributed by atoms with van der Waals surface area (Å²) in [7, 11) is 0. The zero-order valence-electron chi connectivity index (χ0n) is 17.6. The molecular formula is C23H13Cl6F2N3O2. The van der Waals surface area contributed by atoms with Gasteiger partial charge in [0.05, 0.1) is 31.6 Å². The maximum atomic E-state index is 14.1. The van der Waals surface area contributed by atoms with E-state index in [9.17, 15) is 18.4 Å². The Morgan fingerprint density at radius 3 is 2.03 bits per heavy atom. The van der Waals surface area contributed by atoms with Crippen LogP contribution in [0.15, 0.2) is 42.5 Å². The maximum Gasteiger partial charge on any atom is 0.257 e. The highest BCUT2D eigenvalue weighted by Crippen LogP contribution is 2.65. The SMILES string of the molecule is Nc1cc(F)c(NC(=O)c2cc(NC(=O)[C@H]3[C@H](c4cc(Cl)c(Cl)c(Cl)c4)C3(Cl)Cl)ccc2Cl)c(F)c1. The van der Waals surface area contributed by atoms with Crippen molar-refractivity contribution in [3.63, 3.8) is 0 Å². The molecule has 1 aliphatic carbocycles. The molecule has 2 atom stereocenters. The van der Waals surface area contributed by atoms with Gasteiger partial charge in [0.1, 0.15) is 10.0 Å². The highest BCUT2D eigenvalue weighted by Gasteiger charge is 2.67. The average Bonchev–Trinajstić information content (AvgIpc) is 3.37. The normalized spacial score (nSPS) is 18.0. The molecule has 36 heavy (non-hydrogen) atoms. The number of nitrogens with one attached hydrogen (secondary N) is 2. The van der Waals surface area contributed by atoms with Crippen molar-refractivity contribution in [2.24, 2.45) is 5.92 Å². The fraction of sp³-hybridized carbons (Fsp3) is 0.130. The van der Waals surface area contributed by atoms with Gasteiger partial charge in [-0.25, -0.2) is 8.78 Å². The molecule has 13 heteroatoms. The first kappa shape index (κ1) is 27.0. The Hall–Kier alpha value is -2.00. The van der Waals surface area contributed by atoms with E-state index >= 15 is 0 Å². The number of halogens is 8. The number of alkyl halides is 2. The Bertz CT molecular complexity index is 1370. The monoisotopic (exact) mass is 611 g/mol. The first-order valence-corrected chi connectivity index (χ1v) is 12.3. The third-order valence-corrected chi connectivity index (χ3v) is 7.95. The van der Waals surface area contributed by atoms with Crippen molar-refractivity contribution in [3.05, 3.63) is 85.3 Å². The lowest BCUT2D eigenvalue weighted by Gasteiger charge is -2.12. The molecule has 188 valence electrons. The molecule has 3 aromatic carbocycles. The predicted molar refractivity (Wildman–Crippen MR) is 141 cm³/mol. The lowest BCUT2D eigenvalue weighted by molar-refractivity contribution is -0.117. The van der Waals surface area contributed by atoms with Crippen molar-refractivity contribution in [2.45, 2.75) is 10.3 Å². The largest absolute Gasteiger partial charge is 0.399 e. The summed E-state index contributed by atoms with van der Waals surface area (Å²) in [5.74, 6) is -5.14. The fourth-order valence-corrected chi connectivity index (χ4v) is 5.36. The predicted octanol–water partition coefficient (Wildman–Crippen LogP) is 7.94. The molecule has 0 bridgehead atoms. The van der Waals surface area contributed by atoms with Crippen LogP contribution in [0.5, 0.6) is 0 Å². The van der Waals surface area contributed by atoms with Gasteiger partial charge in [0, 0.05) is 17.3 Å². The third kappa shape index (κ3) is 5.19. The molecule has 2 amide bonds. The summed E-state index contributed by atoms with van der Waals surface area (Å²) in [5.41, 5.74) is 5.06. The van der Waals surface area contributed by atoms with Crippen LogP contribution in [0.2, 0.25) is 20.1 Å². The van der Waals surface area contributed by atoms with Gasteiger partial charge in [-0.05, 0) is 48.0 Å². The second kappa shape index (κ2) is 10.0. The summed E-state index contributed by atoms with van der Waals surface area (Å²) in [6.07, 6.45) is 0. The van der Waals surface area contributed by atoms with E-state index in [2.05, 4.69) is 10.6 Å². The van der Waals surface area contributed by atoms with Crippen LogP contribution in [0.25, 0.3) is 0 Å². The number of anilines is 3. The second-order valence-electron chi connectivity index (χ2n) is 7.93. The van der Waals surface area contributed by atoms with Crippen molar-refractivity contribution in [1.29, 1.82) is 0 Å². The van der Waals surface area contributed by atoms with Crippen molar-refractivity contribution >= 4 is 98.5 Å². The van der Waals surface area contributed by atoms with Crippen molar-refractivity contribution in [3.8, 4) is 0 Å². The molecule has 4 N–H and O–H groups in total. The summed E-state index contributed by atoms with van der Waals surface area (Å²) in [5, 5.41) is 5.21. The highest BCUT2D eigenvalue weighted by atomic mass is 35.5. The minimum Gasteiger partial charge on any atom is -0.399 e. The maximum absolute atomic E-state index is 14.1. The van der Waals surface area contributed by atoms with Gasteiger partial charge in [-0.1, -0.05) is 46.4 Å². The van der Waals surface area contributed by atoms with E-state index in [0.29, 0.717) is 5.56 Å². The smallest absolute Gasteiger partial charge is 0.257 e. The first-order chi connectivity index (χ1) is 16.8. The Balaban J connectivity index is 1.54. The Kier molecular flexibility index (Phi) is 7.55. The molecule has 1 saturated carbocycles. The molecule has 0 spiro atoms. The summed E-state index contributed by atoms with van der Waals surface area (Å²) < 4.78 is 26.7. The van der Waals surface area contributed by atoms with E-state index in [1.165, 1.54) is 30.3 Å². The van der Waals surface area contributed by atoms with Gasteiger partial charge in [-0.2, -0.15) is 0 Å². The Morgan fingerprint density at radius 2 is 1.44 bits per heavy atom. The van der Waals surface area contributed by atoms with Gasteiger partial charge in [0.2, 0.25) is 5.91 Å². The number of rotatable bonds is 5. The highest BCUT2D eigenvalue weighted by molar-refractivity contribution is 6.54. The first-order valence-electron chi connectivity index (χ1n) is 9.99. The van der Waals surface area contributed by atoms with E-state index < -0.39 is 45.3 Å². The van der Waals surface area contributed by atoms with Crippen molar-refractivity contribution < 1.29 is 18.4 Å². The topological polar surface area (TPSA) is 84.2 Å². The van der Waals surface area contributed by atoms with Crippen LogP contribution in [0.1, 0.15) is 21.8 Å². The molecule has 0 radical (unpaired) electrons. The van der Waals surface area contributed by atoms with Crippen LogP contribution in [0.3, 0.4) is 0 Å². The van der Waals surface area contributed by atoms with Crippen LogP contribution in [-0.4, -0.2) is 16.1 Å². The number of hydrogen-bond acceptors (Lipinski definition) is 3. The minimum atomic E-state index is -1.46. The Morgan fingerprint density at radius 1 is 0.861 bits per heavy atom. The third-order valence-electron chi connectivity index (χ3n) is 5.48. The van der Waals surface area contributed by atoms with E-state index in [-0.39, 0.29) is 37.0 Å². The molecule has 0 heterocycles. The molecule has 0 unspecified atom stereocenters. The zero-order chi connectivity index (χ0) is 26.5. The number of carbonyl (C=O) groups excluding carboxylic acids is 2. The van der Waals surface area contributed by atoms with Gasteiger partial charge in [0.15, 0.2) is 11.6 Å². The lowest BCUT2D eigenvalue weighted by Crippen LogP contribution is -2.19. The molecule has 0 saturated heterocycles. The molecule has 1 aliphatic rings. The summed E-state index contributed by atoms with van der Waals surface area (Å²) in [6, 6.07) is 8.75. The number of nitrogens with two attached hydrogens (primary N) is 1. The van der Waals surface area contributed by atoms with E-state index in [4.69, 9.17) is 75.3 Å². The van der Waals surface area contributed by atoms with E-state index in [1.807, 2.05) is 0 Å². The standard InChI is InChI=1S/C23H13Cl6F2N3O2/c24-12-2-1-10(7-11(12)21(35)34-20-15(30)5-9(32)6-16(20)31)33-22(36)18-17(23(18,28)29)8-3-13(25)19(27)14(26)4-8/h1-7,17-18H,32H2,(H,33,36)(H,34,35)/t17-,18+/m0/s1. The molecule has 0 aliphatic heterocycles. The van der Waals surface area contributed by atoms with Gasteiger partial charge < -0.3 is 16.4 Å². The Labute approximate surface area is 233 Å². The minimum absolute atomic E-state index is 0.0273. The number of benzene rings is 3. The second-order valence-corrected chi connectivity index (χ2v) is 11.0. The van der Waals surface area contributed by atoms with Crippen LogP contribution >= 0.6 is 69.6 Å². The van der Waals surface area contributed by atoms with Crippen molar-refractivity contribution in [1.82, 2.24) is 0 Å². The summed E-state index contributed by atoms with van der Waals surface area (Å²) in [4.78, 5) is 25.7. The van der Waals surface area contributed by atoms with E-state index in [1.54, 1.807) is 0 Å². The summed E-state index contributed by atoms with van der Waals surface area (Å²) >= 11 is 37.0. The zero-order valence-corrected chi connectivity index (χ0v) is 22.1. The quantitative estimate of drug-likeness (QED) is 0.155. The fourth-order valence-electron chi connectivity index (χ4n) is 3.71. The van der Waals surface area contributed by atoms with Crippen molar-refractivity contribution in [2.75, 3.05) is 16.4 Å². The van der Waals surface area contributed by atoms with Gasteiger partial charge >= 0.3 is 0 Å². The van der Waals surface area contributed by atoms with Crippen LogP contribution < -0.4 is 16.4 Å². The average molecular weight is 614 g/mol. The van der Waals surface area contributed by atoms with Crippen LogP contribution in [0.4, 0.5) is 25.8 Å². The molecule has 1 fully saturated rings. The molecule has 3 aromatic rings. The molecule has 4 rings (SSSR count). The van der Waals surface area contributed by atoms with E-state index in [0.717, 1.165) is 12.1 Å². The van der Waals surface area contributed by atoms with Gasteiger partial charge in [-0.3, -0.25) is 9.59 Å².